The Balaban J connectivity index is 0. The highest BCUT2D eigenvalue weighted by Gasteiger charge is 2.00. The summed E-state index contributed by atoms with van der Waals surface area (Å²) in [4.78, 5) is 20.2. The van der Waals surface area contributed by atoms with Gasteiger partial charge >= 0.3 is 11.9 Å². The SMILES string of the molecule is C=C(CCC#N)C(=O)O.C=CC(=O)OCCC#N. The number of aliphatic carboxylic acids is 1. The summed E-state index contributed by atoms with van der Waals surface area (Å²) < 4.78 is 4.45. The third-order valence-corrected chi connectivity index (χ3v) is 1.47. The third-order valence-electron chi connectivity index (χ3n) is 1.47. The quantitative estimate of drug-likeness (QED) is 0.435. The molecule has 6 nitrogen and oxygen atoms in total. The van der Waals surface area contributed by atoms with E-state index < -0.39 is 11.9 Å². The highest BCUT2D eigenvalue weighted by molar-refractivity contribution is 5.85. The normalized spacial score (nSPS) is 7.67. The molecule has 0 fully saturated rings. The molecule has 6 heteroatoms. The standard InChI is InChI=1S/2C6H7NO2/c1-5(6(8)9)3-2-4-7;1-2-6(8)9-5-3-4-7/h1-3H2,(H,8,9);2H,1,3,5H2. The van der Waals surface area contributed by atoms with Crippen LogP contribution in [-0.4, -0.2) is 23.7 Å². The largest absolute Gasteiger partial charge is 0.478 e. The van der Waals surface area contributed by atoms with Crippen molar-refractivity contribution in [3.63, 3.8) is 0 Å². The lowest BCUT2D eigenvalue weighted by molar-refractivity contribution is -0.137. The summed E-state index contributed by atoms with van der Waals surface area (Å²) in [5.74, 6) is -1.50. The molecule has 0 amide bonds. The molecular weight excluding hydrogens is 236 g/mol. The first kappa shape index (κ1) is 17.8. The first-order valence-electron chi connectivity index (χ1n) is 4.93. The monoisotopic (exact) mass is 250 g/mol. The molecule has 0 unspecified atom stereocenters. The van der Waals surface area contributed by atoms with Gasteiger partial charge < -0.3 is 9.84 Å². The Hall–Kier alpha value is -2.60. The van der Waals surface area contributed by atoms with Gasteiger partial charge in [0.05, 0.1) is 18.6 Å². The molecule has 18 heavy (non-hydrogen) atoms. The number of nitriles is 2. The number of rotatable bonds is 6. The van der Waals surface area contributed by atoms with Crippen LogP contribution in [0.15, 0.2) is 24.8 Å². The van der Waals surface area contributed by atoms with E-state index in [1.54, 1.807) is 0 Å². The smallest absolute Gasteiger partial charge is 0.330 e. The molecule has 0 heterocycles. The van der Waals surface area contributed by atoms with Crippen molar-refractivity contribution in [2.45, 2.75) is 19.3 Å². The number of carbonyl (C=O) groups is 2. The fourth-order valence-corrected chi connectivity index (χ4v) is 0.570. The van der Waals surface area contributed by atoms with Crippen molar-refractivity contribution >= 4 is 11.9 Å². The molecular formula is C12H14N2O4. The van der Waals surface area contributed by atoms with Crippen LogP contribution in [0.25, 0.3) is 0 Å². The van der Waals surface area contributed by atoms with Crippen LogP contribution >= 0.6 is 0 Å². The van der Waals surface area contributed by atoms with Gasteiger partial charge in [0.2, 0.25) is 0 Å². The molecule has 0 aliphatic heterocycles. The minimum atomic E-state index is -1.02. The van der Waals surface area contributed by atoms with E-state index in [1.807, 2.05) is 12.1 Å². The van der Waals surface area contributed by atoms with Crippen molar-refractivity contribution in [1.82, 2.24) is 0 Å². The average Bonchev–Trinajstić information content (AvgIpc) is 2.36. The zero-order valence-electron chi connectivity index (χ0n) is 9.89. The van der Waals surface area contributed by atoms with Crippen molar-refractivity contribution in [3.8, 4) is 12.1 Å². The molecule has 0 aliphatic rings. The first-order chi connectivity index (χ1) is 8.49. The highest BCUT2D eigenvalue weighted by atomic mass is 16.5. The van der Waals surface area contributed by atoms with Gasteiger partial charge in [0.25, 0.3) is 0 Å². The van der Waals surface area contributed by atoms with Crippen molar-refractivity contribution in [2.75, 3.05) is 6.61 Å². The van der Waals surface area contributed by atoms with Crippen LogP contribution in [0.5, 0.6) is 0 Å². The van der Waals surface area contributed by atoms with Crippen LogP contribution < -0.4 is 0 Å². The molecule has 0 bridgehead atoms. The van der Waals surface area contributed by atoms with Crippen LogP contribution in [-0.2, 0) is 14.3 Å². The van der Waals surface area contributed by atoms with Crippen molar-refractivity contribution in [1.29, 1.82) is 10.5 Å². The summed E-state index contributed by atoms with van der Waals surface area (Å²) in [5, 5.41) is 24.2. The van der Waals surface area contributed by atoms with Gasteiger partial charge in [-0.1, -0.05) is 13.2 Å². The van der Waals surface area contributed by atoms with Crippen molar-refractivity contribution in [2.24, 2.45) is 0 Å². The number of ether oxygens (including phenoxy) is 1. The van der Waals surface area contributed by atoms with Crippen LogP contribution in [0.1, 0.15) is 19.3 Å². The average molecular weight is 250 g/mol. The van der Waals surface area contributed by atoms with Gasteiger partial charge in [0.15, 0.2) is 0 Å². The van der Waals surface area contributed by atoms with Gasteiger partial charge in [-0.2, -0.15) is 10.5 Å². The second-order valence-electron chi connectivity index (χ2n) is 2.85. The molecule has 0 saturated carbocycles. The number of carbonyl (C=O) groups excluding carboxylic acids is 1. The molecule has 0 aromatic carbocycles. The minimum Gasteiger partial charge on any atom is -0.478 e. The number of carboxylic acids is 1. The van der Waals surface area contributed by atoms with E-state index in [-0.39, 0.29) is 31.4 Å². The maximum absolute atomic E-state index is 10.2. The van der Waals surface area contributed by atoms with Gasteiger partial charge in [-0.05, 0) is 6.42 Å². The molecule has 0 saturated heterocycles. The molecule has 0 aromatic rings. The Morgan fingerprint density at radius 2 is 1.83 bits per heavy atom. The highest BCUT2D eigenvalue weighted by Crippen LogP contribution is 1.99. The Kier molecular flexibility index (Phi) is 12.3. The fraction of sp³-hybridized carbons (Fsp3) is 0.333. The number of nitrogens with zero attached hydrogens (tertiary/aromatic N) is 2. The first-order valence-corrected chi connectivity index (χ1v) is 4.93. The summed E-state index contributed by atoms with van der Waals surface area (Å²) in [6.07, 6.45) is 1.79. The van der Waals surface area contributed by atoms with Crippen LogP contribution in [0.2, 0.25) is 0 Å². The van der Waals surface area contributed by atoms with Gasteiger partial charge in [-0.3, -0.25) is 0 Å². The van der Waals surface area contributed by atoms with Crippen molar-refractivity contribution in [3.05, 3.63) is 24.8 Å². The van der Waals surface area contributed by atoms with Crippen LogP contribution in [0.3, 0.4) is 0 Å². The lowest BCUT2D eigenvalue weighted by atomic mass is 10.2. The predicted octanol–water partition coefficient (Wildman–Crippen LogP) is 1.56. The molecule has 0 spiro atoms. The molecule has 96 valence electrons. The van der Waals surface area contributed by atoms with E-state index in [2.05, 4.69) is 17.9 Å². The maximum Gasteiger partial charge on any atom is 0.330 e. The topological polar surface area (TPSA) is 111 Å². The van der Waals surface area contributed by atoms with E-state index in [0.29, 0.717) is 0 Å². The predicted molar refractivity (Wildman–Crippen MR) is 63.0 cm³/mol. The van der Waals surface area contributed by atoms with Crippen molar-refractivity contribution < 1.29 is 19.4 Å². The summed E-state index contributed by atoms with van der Waals surface area (Å²) in [5.41, 5.74) is 0.0940. The van der Waals surface area contributed by atoms with Gasteiger partial charge in [0.1, 0.15) is 6.61 Å². The summed E-state index contributed by atoms with van der Waals surface area (Å²) >= 11 is 0. The molecule has 0 rings (SSSR count). The molecule has 0 aliphatic carbocycles. The maximum atomic E-state index is 10.2. The van der Waals surface area contributed by atoms with Gasteiger partial charge in [-0.15, -0.1) is 0 Å². The number of carboxylic acid groups (broad SMARTS) is 1. The lowest BCUT2D eigenvalue weighted by Gasteiger charge is -1.93. The number of esters is 1. The van der Waals surface area contributed by atoms with E-state index in [1.165, 1.54) is 0 Å². The molecule has 0 aromatic heterocycles. The van der Waals surface area contributed by atoms with Crippen LogP contribution in [0.4, 0.5) is 0 Å². The Labute approximate surface area is 105 Å². The zero-order chi connectivity index (χ0) is 14.4. The Bertz CT molecular complexity index is 386. The third kappa shape index (κ3) is 13.4. The summed E-state index contributed by atoms with van der Waals surface area (Å²) in [7, 11) is 0. The number of hydrogen-bond acceptors (Lipinski definition) is 5. The minimum absolute atomic E-state index is 0.0940. The zero-order valence-corrected chi connectivity index (χ0v) is 9.89. The molecule has 0 radical (unpaired) electrons. The molecule has 1 N–H and O–H groups in total. The second kappa shape index (κ2) is 12.5. The van der Waals surface area contributed by atoms with Crippen LogP contribution in [0, 0.1) is 22.7 Å². The fourth-order valence-electron chi connectivity index (χ4n) is 0.570. The second-order valence-corrected chi connectivity index (χ2v) is 2.85. The summed E-state index contributed by atoms with van der Waals surface area (Å²) in [6.45, 7) is 6.58. The van der Waals surface area contributed by atoms with Gasteiger partial charge in [0, 0.05) is 18.1 Å². The van der Waals surface area contributed by atoms with E-state index in [0.717, 1.165) is 6.08 Å². The lowest BCUT2D eigenvalue weighted by Crippen LogP contribution is -2.00. The number of hydrogen-bond donors (Lipinski definition) is 1. The van der Waals surface area contributed by atoms with E-state index in [9.17, 15) is 9.59 Å². The Morgan fingerprint density at radius 3 is 2.22 bits per heavy atom. The van der Waals surface area contributed by atoms with E-state index in [4.69, 9.17) is 15.6 Å². The van der Waals surface area contributed by atoms with E-state index >= 15 is 0 Å². The summed E-state index contributed by atoms with van der Waals surface area (Å²) in [6, 6.07) is 3.66. The molecule has 0 atom stereocenters. The Morgan fingerprint density at radius 1 is 1.28 bits per heavy atom. The van der Waals surface area contributed by atoms with Gasteiger partial charge in [-0.25, -0.2) is 9.59 Å².